The number of sulfone groups is 1. The van der Waals surface area contributed by atoms with Gasteiger partial charge in [-0.05, 0) is 61.4 Å². The number of sulfonamides is 1. The normalized spacial score (nSPS) is 17.3. The third kappa shape index (κ3) is 3.65. The molecular formula is C17H17F2NO4S2. The Bertz CT molecular complexity index is 897. The number of nitrogens with zero attached hydrogens (tertiary/aromatic N) is 1. The summed E-state index contributed by atoms with van der Waals surface area (Å²) in [5, 5.41) is -0.729. The lowest BCUT2D eigenvalue weighted by Crippen LogP contribution is -2.42. The highest BCUT2D eigenvalue weighted by Gasteiger charge is 2.35. The van der Waals surface area contributed by atoms with Gasteiger partial charge in [-0.15, -0.1) is 0 Å². The molecule has 140 valence electrons. The van der Waals surface area contributed by atoms with Crippen molar-refractivity contribution in [2.45, 2.75) is 27.9 Å². The molecule has 1 aliphatic heterocycles. The first-order chi connectivity index (χ1) is 12.2. The topological polar surface area (TPSA) is 71.5 Å². The van der Waals surface area contributed by atoms with Crippen molar-refractivity contribution in [3.63, 3.8) is 0 Å². The molecule has 0 aliphatic carbocycles. The fourth-order valence-corrected chi connectivity index (χ4v) is 6.16. The number of hydrogen-bond donors (Lipinski definition) is 0. The molecule has 0 radical (unpaired) electrons. The molecule has 0 bridgehead atoms. The molecule has 1 fully saturated rings. The van der Waals surface area contributed by atoms with Crippen LogP contribution in [0.1, 0.15) is 12.8 Å². The lowest BCUT2D eigenvalue weighted by atomic mass is 10.2. The summed E-state index contributed by atoms with van der Waals surface area (Å²) >= 11 is 0. The Morgan fingerprint density at radius 3 is 1.62 bits per heavy atom. The third-order valence-corrected chi connectivity index (χ3v) is 8.62. The van der Waals surface area contributed by atoms with Gasteiger partial charge >= 0.3 is 0 Å². The van der Waals surface area contributed by atoms with Crippen LogP contribution in [0.25, 0.3) is 0 Å². The van der Waals surface area contributed by atoms with Crippen LogP contribution in [0.2, 0.25) is 0 Å². The lowest BCUT2D eigenvalue weighted by molar-refractivity contribution is 0.345. The third-order valence-electron chi connectivity index (χ3n) is 4.43. The SMILES string of the molecule is O=S(=O)(c1ccc(F)cc1)C1CCN(S(=O)(=O)c2ccc(F)cc2)CC1. The van der Waals surface area contributed by atoms with Crippen LogP contribution in [0.4, 0.5) is 8.78 Å². The van der Waals surface area contributed by atoms with E-state index in [1.807, 2.05) is 0 Å². The number of halogens is 2. The van der Waals surface area contributed by atoms with E-state index in [2.05, 4.69) is 0 Å². The standard InChI is InChI=1S/C17H17F2NO4S2/c18-13-1-5-15(6-2-13)25(21,22)16-9-11-20(12-10-16)26(23,24)17-7-3-14(19)4-8-17/h1-8,16H,9-12H2. The van der Waals surface area contributed by atoms with Crippen LogP contribution < -0.4 is 0 Å². The fraction of sp³-hybridized carbons (Fsp3) is 0.294. The number of rotatable bonds is 4. The van der Waals surface area contributed by atoms with Crippen molar-refractivity contribution in [2.24, 2.45) is 0 Å². The van der Waals surface area contributed by atoms with E-state index in [1.54, 1.807) is 0 Å². The Hall–Kier alpha value is -1.84. The van der Waals surface area contributed by atoms with Gasteiger partial charge in [-0.1, -0.05) is 0 Å². The van der Waals surface area contributed by atoms with Crippen molar-refractivity contribution < 1.29 is 25.6 Å². The zero-order chi connectivity index (χ0) is 18.9. The second-order valence-corrected chi connectivity index (χ2v) is 10.2. The van der Waals surface area contributed by atoms with Crippen LogP contribution in [0, 0.1) is 11.6 Å². The summed E-state index contributed by atoms with van der Waals surface area (Å²) in [5.74, 6) is -1.06. The molecule has 5 nitrogen and oxygen atoms in total. The van der Waals surface area contributed by atoms with Gasteiger partial charge in [0.1, 0.15) is 11.6 Å². The van der Waals surface area contributed by atoms with E-state index in [4.69, 9.17) is 0 Å². The van der Waals surface area contributed by atoms with Crippen LogP contribution >= 0.6 is 0 Å². The molecule has 2 aromatic rings. The first-order valence-corrected chi connectivity index (χ1v) is 10.9. The predicted molar refractivity (Wildman–Crippen MR) is 91.8 cm³/mol. The first kappa shape index (κ1) is 18.9. The molecule has 0 saturated carbocycles. The number of piperidine rings is 1. The van der Waals surface area contributed by atoms with Gasteiger partial charge < -0.3 is 0 Å². The Labute approximate surface area is 151 Å². The maximum absolute atomic E-state index is 13.0. The smallest absolute Gasteiger partial charge is 0.223 e. The predicted octanol–water partition coefficient (Wildman–Crippen LogP) is 2.59. The van der Waals surface area contributed by atoms with E-state index in [1.165, 1.54) is 28.6 Å². The van der Waals surface area contributed by atoms with Gasteiger partial charge in [0, 0.05) is 13.1 Å². The molecule has 0 spiro atoms. The first-order valence-electron chi connectivity index (χ1n) is 7.96. The highest BCUT2D eigenvalue weighted by Crippen LogP contribution is 2.27. The average Bonchev–Trinajstić information content (AvgIpc) is 2.62. The molecule has 1 aliphatic rings. The largest absolute Gasteiger partial charge is 0.243 e. The van der Waals surface area contributed by atoms with Crippen LogP contribution in [-0.2, 0) is 19.9 Å². The fourth-order valence-electron chi connectivity index (χ4n) is 2.96. The average molecular weight is 401 g/mol. The molecule has 1 saturated heterocycles. The summed E-state index contributed by atoms with van der Waals surface area (Å²) in [7, 11) is -7.45. The van der Waals surface area contributed by atoms with Crippen molar-refractivity contribution >= 4 is 19.9 Å². The van der Waals surface area contributed by atoms with Crippen LogP contribution in [0.5, 0.6) is 0 Å². The molecule has 2 aromatic carbocycles. The molecule has 0 atom stereocenters. The van der Waals surface area contributed by atoms with Crippen LogP contribution in [0.3, 0.4) is 0 Å². The van der Waals surface area contributed by atoms with E-state index in [0.29, 0.717) is 0 Å². The van der Waals surface area contributed by atoms with E-state index in [9.17, 15) is 25.6 Å². The maximum Gasteiger partial charge on any atom is 0.243 e. The Morgan fingerprint density at radius 2 is 1.15 bits per heavy atom. The van der Waals surface area contributed by atoms with Crippen molar-refractivity contribution in [2.75, 3.05) is 13.1 Å². The number of hydrogen-bond acceptors (Lipinski definition) is 4. The Kier molecular flexibility index (Phi) is 5.14. The molecule has 0 N–H and O–H groups in total. The quantitative estimate of drug-likeness (QED) is 0.739. The molecular weight excluding hydrogens is 384 g/mol. The molecule has 0 amide bonds. The van der Waals surface area contributed by atoms with Crippen molar-refractivity contribution in [3.05, 3.63) is 60.2 Å². The second-order valence-electron chi connectivity index (χ2n) is 6.06. The molecule has 1 heterocycles. The Morgan fingerprint density at radius 1 is 0.731 bits per heavy atom. The summed E-state index contributed by atoms with van der Waals surface area (Å²) in [4.78, 5) is -0.00233. The van der Waals surface area contributed by atoms with Crippen LogP contribution in [0.15, 0.2) is 58.3 Å². The van der Waals surface area contributed by atoms with E-state index in [0.717, 1.165) is 24.3 Å². The van der Waals surface area contributed by atoms with Gasteiger partial charge in [-0.25, -0.2) is 25.6 Å². The highest BCUT2D eigenvalue weighted by molar-refractivity contribution is 7.92. The molecule has 9 heteroatoms. The van der Waals surface area contributed by atoms with Gasteiger partial charge in [0.05, 0.1) is 15.0 Å². The minimum Gasteiger partial charge on any atom is -0.223 e. The van der Waals surface area contributed by atoms with E-state index < -0.39 is 36.7 Å². The van der Waals surface area contributed by atoms with Gasteiger partial charge in [-0.3, -0.25) is 0 Å². The zero-order valence-corrected chi connectivity index (χ0v) is 15.3. The summed E-state index contributed by atoms with van der Waals surface area (Å²) in [5.41, 5.74) is 0. The van der Waals surface area contributed by atoms with E-state index in [-0.39, 0.29) is 35.7 Å². The van der Waals surface area contributed by atoms with Gasteiger partial charge in [0.25, 0.3) is 0 Å². The minimum absolute atomic E-state index is 0.0266. The summed E-state index contributed by atoms with van der Waals surface area (Å²) in [6.45, 7) is 0.0929. The number of benzene rings is 2. The summed E-state index contributed by atoms with van der Waals surface area (Å²) in [6, 6.07) is 9.11. The zero-order valence-electron chi connectivity index (χ0n) is 13.7. The van der Waals surface area contributed by atoms with Crippen molar-refractivity contribution in [1.29, 1.82) is 0 Å². The maximum atomic E-state index is 13.0. The van der Waals surface area contributed by atoms with Crippen molar-refractivity contribution in [3.8, 4) is 0 Å². The van der Waals surface area contributed by atoms with E-state index >= 15 is 0 Å². The Balaban J connectivity index is 1.74. The van der Waals surface area contributed by atoms with Gasteiger partial charge in [0.2, 0.25) is 10.0 Å². The lowest BCUT2D eigenvalue weighted by Gasteiger charge is -2.31. The van der Waals surface area contributed by atoms with Crippen LogP contribution in [-0.4, -0.2) is 39.5 Å². The van der Waals surface area contributed by atoms with Gasteiger partial charge in [0.15, 0.2) is 9.84 Å². The second kappa shape index (κ2) is 7.05. The molecule has 0 aromatic heterocycles. The monoisotopic (exact) mass is 401 g/mol. The molecule has 26 heavy (non-hydrogen) atoms. The molecule has 3 rings (SSSR count). The summed E-state index contributed by atoms with van der Waals surface area (Å²) < 4.78 is 77.6. The molecule has 0 unspecified atom stereocenters. The highest BCUT2D eigenvalue weighted by atomic mass is 32.2. The van der Waals surface area contributed by atoms with Gasteiger partial charge in [-0.2, -0.15) is 4.31 Å². The van der Waals surface area contributed by atoms with Crippen molar-refractivity contribution in [1.82, 2.24) is 4.31 Å². The minimum atomic E-state index is -3.80. The summed E-state index contributed by atoms with van der Waals surface area (Å²) in [6.07, 6.45) is 0.278.